The lowest BCUT2D eigenvalue weighted by Crippen LogP contribution is -2.43. The molecule has 1 aromatic carbocycles. The van der Waals surface area contributed by atoms with E-state index in [1.807, 2.05) is 18.2 Å². The monoisotopic (exact) mass is 268 g/mol. The average molecular weight is 269 g/mol. The lowest BCUT2D eigenvalue weighted by atomic mass is 10.2. The van der Waals surface area contributed by atoms with E-state index in [1.54, 1.807) is 11.0 Å². The number of carbonyl (C=O) groups is 1. The van der Waals surface area contributed by atoms with E-state index >= 15 is 0 Å². The molecular weight excluding hydrogens is 252 g/mol. The number of aliphatic hydroxyl groups is 1. The summed E-state index contributed by atoms with van der Waals surface area (Å²) < 4.78 is 0. The van der Waals surface area contributed by atoms with Crippen LogP contribution in [-0.4, -0.2) is 35.2 Å². The molecular formula is C13H17ClN2O2. The molecule has 0 bridgehead atoms. The molecule has 2 rings (SSSR count). The Bertz CT molecular complexity index is 425. The molecule has 2 amide bonds. The van der Waals surface area contributed by atoms with Gasteiger partial charge in [-0.2, -0.15) is 0 Å². The zero-order chi connectivity index (χ0) is 13.0. The summed E-state index contributed by atoms with van der Waals surface area (Å²) in [6.07, 6.45) is 1.82. The summed E-state index contributed by atoms with van der Waals surface area (Å²) in [7, 11) is 0. The highest BCUT2D eigenvalue weighted by atomic mass is 35.5. The molecule has 0 radical (unpaired) electrons. The van der Waals surface area contributed by atoms with Gasteiger partial charge in [0.25, 0.3) is 0 Å². The molecule has 2 N–H and O–H groups in total. The van der Waals surface area contributed by atoms with Crippen LogP contribution in [0.25, 0.3) is 0 Å². The standard InChI is InChI=1S/C13H17ClN2O2/c14-12-6-2-1-4-10(12)8-15-13(18)16-7-3-5-11(16)9-17/h1-2,4,6,11,17H,3,5,7-9H2,(H,15,18). The predicted molar refractivity (Wildman–Crippen MR) is 70.5 cm³/mol. The Morgan fingerprint density at radius 1 is 1.50 bits per heavy atom. The topological polar surface area (TPSA) is 52.6 Å². The number of likely N-dealkylation sites (tertiary alicyclic amines) is 1. The summed E-state index contributed by atoms with van der Waals surface area (Å²) in [5, 5.41) is 12.7. The van der Waals surface area contributed by atoms with Gasteiger partial charge in [0.1, 0.15) is 0 Å². The van der Waals surface area contributed by atoms with Gasteiger partial charge in [0.15, 0.2) is 0 Å². The minimum Gasteiger partial charge on any atom is -0.394 e. The van der Waals surface area contributed by atoms with Crippen LogP contribution < -0.4 is 5.32 Å². The van der Waals surface area contributed by atoms with Crippen molar-refractivity contribution in [3.8, 4) is 0 Å². The van der Waals surface area contributed by atoms with Crippen molar-refractivity contribution in [3.05, 3.63) is 34.9 Å². The SMILES string of the molecule is O=C(NCc1ccccc1Cl)N1CCCC1CO. The summed E-state index contributed by atoms with van der Waals surface area (Å²) >= 11 is 6.02. The van der Waals surface area contributed by atoms with Crippen LogP contribution in [0, 0.1) is 0 Å². The van der Waals surface area contributed by atoms with E-state index in [0.717, 1.165) is 18.4 Å². The van der Waals surface area contributed by atoms with Crippen molar-refractivity contribution in [2.24, 2.45) is 0 Å². The molecule has 1 aliphatic heterocycles. The van der Waals surface area contributed by atoms with Gasteiger partial charge in [-0.05, 0) is 24.5 Å². The summed E-state index contributed by atoms with van der Waals surface area (Å²) in [5.74, 6) is 0. The molecule has 1 saturated heterocycles. The summed E-state index contributed by atoms with van der Waals surface area (Å²) in [6.45, 7) is 1.15. The Kier molecular flexibility index (Phi) is 4.44. The maximum atomic E-state index is 12.0. The molecule has 1 aromatic rings. The van der Waals surface area contributed by atoms with Crippen molar-refractivity contribution in [1.29, 1.82) is 0 Å². The van der Waals surface area contributed by atoms with Gasteiger partial charge in [0, 0.05) is 18.1 Å². The predicted octanol–water partition coefficient (Wildman–Crippen LogP) is 2.01. The fourth-order valence-corrected chi connectivity index (χ4v) is 2.41. The van der Waals surface area contributed by atoms with Crippen LogP contribution in [0.4, 0.5) is 4.79 Å². The van der Waals surface area contributed by atoms with Crippen molar-refractivity contribution in [2.75, 3.05) is 13.2 Å². The van der Waals surface area contributed by atoms with Crippen molar-refractivity contribution >= 4 is 17.6 Å². The van der Waals surface area contributed by atoms with Crippen LogP contribution in [0.3, 0.4) is 0 Å². The second kappa shape index (κ2) is 6.07. The van der Waals surface area contributed by atoms with Crippen molar-refractivity contribution < 1.29 is 9.90 Å². The number of nitrogens with one attached hydrogen (secondary N) is 1. The normalized spacial score (nSPS) is 19.0. The smallest absolute Gasteiger partial charge is 0.317 e. The van der Waals surface area contributed by atoms with E-state index in [2.05, 4.69) is 5.32 Å². The van der Waals surface area contributed by atoms with Gasteiger partial charge >= 0.3 is 6.03 Å². The van der Waals surface area contributed by atoms with E-state index in [4.69, 9.17) is 11.6 Å². The number of rotatable bonds is 3. The summed E-state index contributed by atoms with van der Waals surface area (Å²) in [5.41, 5.74) is 0.896. The van der Waals surface area contributed by atoms with Gasteiger partial charge in [-0.25, -0.2) is 4.79 Å². The van der Waals surface area contributed by atoms with Crippen molar-refractivity contribution in [2.45, 2.75) is 25.4 Å². The van der Waals surface area contributed by atoms with Gasteiger partial charge < -0.3 is 15.3 Å². The van der Waals surface area contributed by atoms with E-state index in [1.165, 1.54) is 0 Å². The first-order valence-electron chi connectivity index (χ1n) is 6.11. The number of benzene rings is 1. The third-order valence-electron chi connectivity index (χ3n) is 3.24. The fraction of sp³-hybridized carbons (Fsp3) is 0.462. The Labute approximate surface area is 112 Å². The second-order valence-electron chi connectivity index (χ2n) is 4.42. The molecule has 5 heteroatoms. The first-order chi connectivity index (χ1) is 8.72. The quantitative estimate of drug-likeness (QED) is 0.881. The van der Waals surface area contributed by atoms with E-state index in [0.29, 0.717) is 18.1 Å². The minimum atomic E-state index is -0.133. The average Bonchev–Trinajstić information content (AvgIpc) is 2.86. The number of nitrogens with zero attached hydrogens (tertiary/aromatic N) is 1. The van der Waals surface area contributed by atoms with Crippen LogP contribution >= 0.6 is 11.6 Å². The number of urea groups is 1. The highest BCUT2D eigenvalue weighted by Crippen LogP contribution is 2.18. The number of halogens is 1. The lowest BCUT2D eigenvalue weighted by Gasteiger charge is -2.23. The number of hydrogen-bond donors (Lipinski definition) is 2. The summed E-state index contributed by atoms with van der Waals surface area (Å²) in [6, 6.07) is 7.25. The Morgan fingerprint density at radius 3 is 3.00 bits per heavy atom. The molecule has 18 heavy (non-hydrogen) atoms. The Hall–Kier alpha value is -1.26. The second-order valence-corrected chi connectivity index (χ2v) is 4.83. The van der Waals surface area contributed by atoms with E-state index in [-0.39, 0.29) is 18.7 Å². The molecule has 1 unspecified atom stereocenters. The molecule has 98 valence electrons. The van der Waals surface area contributed by atoms with Crippen LogP contribution in [0.15, 0.2) is 24.3 Å². The molecule has 1 atom stereocenters. The van der Waals surface area contributed by atoms with Crippen LogP contribution in [0.5, 0.6) is 0 Å². The van der Waals surface area contributed by atoms with Crippen molar-refractivity contribution in [3.63, 3.8) is 0 Å². The third-order valence-corrected chi connectivity index (χ3v) is 3.61. The molecule has 0 aliphatic carbocycles. The van der Waals surface area contributed by atoms with Gasteiger partial charge in [0.2, 0.25) is 0 Å². The molecule has 0 aromatic heterocycles. The van der Waals surface area contributed by atoms with Gasteiger partial charge in [-0.3, -0.25) is 0 Å². The van der Waals surface area contributed by atoms with E-state index < -0.39 is 0 Å². The first-order valence-corrected chi connectivity index (χ1v) is 6.49. The maximum absolute atomic E-state index is 12.0. The number of amides is 2. The lowest BCUT2D eigenvalue weighted by molar-refractivity contribution is 0.157. The molecule has 4 nitrogen and oxygen atoms in total. The first kappa shape index (κ1) is 13.2. The van der Waals surface area contributed by atoms with Gasteiger partial charge in [-0.15, -0.1) is 0 Å². The molecule has 0 saturated carbocycles. The van der Waals surface area contributed by atoms with Crippen LogP contribution in [0.1, 0.15) is 18.4 Å². The molecule has 1 heterocycles. The maximum Gasteiger partial charge on any atom is 0.317 e. The molecule has 0 spiro atoms. The highest BCUT2D eigenvalue weighted by Gasteiger charge is 2.27. The Morgan fingerprint density at radius 2 is 2.28 bits per heavy atom. The number of hydrogen-bond acceptors (Lipinski definition) is 2. The van der Waals surface area contributed by atoms with Crippen LogP contribution in [0.2, 0.25) is 5.02 Å². The van der Waals surface area contributed by atoms with Crippen molar-refractivity contribution in [1.82, 2.24) is 10.2 Å². The zero-order valence-corrected chi connectivity index (χ0v) is 10.9. The molecule has 1 aliphatic rings. The minimum absolute atomic E-state index is 0.0273. The number of aliphatic hydroxyl groups excluding tert-OH is 1. The third kappa shape index (κ3) is 2.94. The zero-order valence-electron chi connectivity index (χ0n) is 10.1. The van der Waals surface area contributed by atoms with E-state index in [9.17, 15) is 9.90 Å². The summed E-state index contributed by atoms with van der Waals surface area (Å²) in [4.78, 5) is 13.7. The Balaban J connectivity index is 1.90. The number of carbonyl (C=O) groups excluding carboxylic acids is 1. The highest BCUT2D eigenvalue weighted by molar-refractivity contribution is 6.31. The van der Waals surface area contributed by atoms with Gasteiger partial charge in [-0.1, -0.05) is 29.8 Å². The van der Waals surface area contributed by atoms with Gasteiger partial charge in [0.05, 0.1) is 12.6 Å². The molecule has 1 fully saturated rings. The van der Waals surface area contributed by atoms with Crippen LogP contribution in [-0.2, 0) is 6.54 Å². The largest absolute Gasteiger partial charge is 0.394 e. The fourth-order valence-electron chi connectivity index (χ4n) is 2.21.